The second kappa shape index (κ2) is 9.18. The number of hydrogen-bond acceptors (Lipinski definition) is 6. The predicted octanol–water partition coefficient (Wildman–Crippen LogP) is 3.58. The van der Waals surface area contributed by atoms with E-state index in [1.807, 2.05) is 25.1 Å². The van der Waals surface area contributed by atoms with Gasteiger partial charge in [-0.15, -0.1) is 0 Å². The SMILES string of the molecule is CCC(=O)[C@@H]1CCC[C@H](Nc2cc(-c3ccc4cc(C#N)cnn34)ncc2C(=O)NC)C1. The van der Waals surface area contributed by atoms with Gasteiger partial charge in [0.05, 0.1) is 39.9 Å². The maximum Gasteiger partial charge on any atom is 0.254 e. The molecule has 3 heterocycles. The topological polar surface area (TPSA) is 112 Å². The first-order valence-electron chi connectivity index (χ1n) is 10.9. The van der Waals surface area contributed by atoms with Gasteiger partial charge >= 0.3 is 0 Å². The fourth-order valence-electron chi connectivity index (χ4n) is 4.41. The van der Waals surface area contributed by atoms with E-state index in [1.54, 1.807) is 23.8 Å². The van der Waals surface area contributed by atoms with Crippen LogP contribution in [-0.4, -0.2) is 39.4 Å². The summed E-state index contributed by atoms with van der Waals surface area (Å²) in [5.74, 6) is 0.158. The molecular weight excluding hydrogens is 404 g/mol. The molecule has 1 aliphatic rings. The molecule has 0 aliphatic heterocycles. The van der Waals surface area contributed by atoms with Crippen LogP contribution in [0.3, 0.4) is 0 Å². The van der Waals surface area contributed by atoms with Gasteiger partial charge in [0.1, 0.15) is 11.9 Å². The minimum atomic E-state index is -0.222. The summed E-state index contributed by atoms with van der Waals surface area (Å²) in [5.41, 5.74) is 3.85. The summed E-state index contributed by atoms with van der Waals surface area (Å²) in [6.45, 7) is 1.91. The van der Waals surface area contributed by atoms with Gasteiger partial charge in [-0.3, -0.25) is 14.6 Å². The average molecular weight is 431 g/mol. The minimum Gasteiger partial charge on any atom is -0.382 e. The lowest BCUT2D eigenvalue weighted by Crippen LogP contribution is -2.32. The molecule has 3 aromatic heterocycles. The number of rotatable bonds is 6. The van der Waals surface area contributed by atoms with E-state index in [0.717, 1.165) is 36.9 Å². The normalized spacial score (nSPS) is 18.2. The van der Waals surface area contributed by atoms with Crippen molar-refractivity contribution in [2.45, 2.75) is 45.1 Å². The number of amides is 1. The molecule has 1 aliphatic carbocycles. The number of nitrogens with zero attached hydrogens (tertiary/aromatic N) is 4. The van der Waals surface area contributed by atoms with Crippen molar-refractivity contribution in [2.75, 3.05) is 12.4 Å². The lowest BCUT2D eigenvalue weighted by Gasteiger charge is -2.30. The fraction of sp³-hybridized carbons (Fsp3) is 0.375. The van der Waals surface area contributed by atoms with E-state index in [2.05, 4.69) is 26.8 Å². The van der Waals surface area contributed by atoms with Gasteiger partial charge in [-0.1, -0.05) is 13.3 Å². The highest BCUT2D eigenvalue weighted by atomic mass is 16.1. The van der Waals surface area contributed by atoms with E-state index in [4.69, 9.17) is 5.26 Å². The van der Waals surface area contributed by atoms with Crippen LogP contribution in [0.4, 0.5) is 5.69 Å². The zero-order chi connectivity index (χ0) is 22.7. The van der Waals surface area contributed by atoms with Gasteiger partial charge in [-0.25, -0.2) is 4.52 Å². The number of aromatic nitrogens is 3. The Balaban J connectivity index is 1.68. The van der Waals surface area contributed by atoms with Crippen molar-refractivity contribution < 1.29 is 9.59 Å². The van der Waals surface area contributed by atoms with E-state index in [0.29, 0.717) is 34.7 Å². The van der Waals surface area contributed by atoms with Crippen LogP contribution in [0.25, 0.3) is 16.9 Å². The first-order valence-corrected chi connectivity index (χ1v) is 10.9. The summed E-state index contributed by atoms with van der Waals surface area (Å²) in [5, 5.41) is 19.7. The molecule has 0 radical (unpaired) electrons. The first-order chi connectivity index (χ1) is 15.5. The van der Waals surface area contributed by atoms with Gasteiger partial charge in [0.25, 0.3) is 5.91 Å². The van der Waals surface area contributed by atoms with E-state index in [1.165, 1.54) is 6.20 Å². The maximum atomic E-state index is 12.5. The van der Waals surface area contributed by atoms with E-state index >= 15 is 0 Å². The molecule has 4 rings (SSSR count). The summed E-state index contributed by atoms with van der Waals surface area (Å²) in [7, 11) is 1.59. The van der Waals surface area contributed by atoms with E-state index in [-0.39, 0.29) is 17.9 Å². The van der Waals surface area contributed by atoms with Crippen molar-refractivity contribution in [3.63, 3.8) is 0 Å². The molecule has 0 saturated heterocycles. The zero-order valence-corrected chi connectivity index (χ0v) is 18.3. The Kier molecular flexibility index (Phi) is 6.17. The summed E-state index contributed by atoms with van der Waals surface area (Å²) in [6.07, 6.45) is 7.27. The number of anilines is 1. The smallest absolute Gasteiger partial charge is 0.254 e. The van der Waals surface area contributed by atoms with Gasteiger partial charge in [-0.05, 0) is 43.5 Å². The summed E-state index contributed by atoms with van der Waals surface area (Å²) < 4.78 is 1.73. The van der Waals surface area contributed by atoms with Crippen molar-refractivity contribution in [1.29, 1.82) is 5.26 Å². The number of ketones is 1. The number of fused-ring (bicyclic) bond motifs is 1. The summed E-state index contributed by atoms with van der Waals surface area (Å²) in [6, 6.07) is 9.61. The highest BCUT2D eigenvalue weighted by Crippen LogP contribution is 2.31. The van der Waals surface area contributed by atoms with Gasteiger partial charge in [-0.2, -0.15) is 10.4 Å². The van der Waals surface area contributed by atoms with Gasteiger partial charge in [0.2, 0.25) is 0 Å². The van der Waals surface area contributed by atoms with Crippen LogP contribution < -0.4 is 10.6 Å². The Morgan fingerprint density at radius 3 is 2.84 bits per heavy atom. The van der Waals surface area contributed by atoms with Crippen molar-refractivity contribution in [2.24, 2.45) is 5.92 Å². The Morgan fingerprint density at radius 2 is 2.09 bits per heavy atom. The molecule has 0 aromatic carbocycles. The lowest BCUT2D eigenvalue weighted by atomic mass is 9.82. The lowest BCUT2D eigenvalue weighted by molar-refractivity contribution is -0.123. The van der Waals surface area contributed by atoms with Crippen LogP contribution in [-0.2, 0) is 4.79 Å². The maximum absolute atomic E-state index is 12.5. The summed E-state index contributed by atoms with van der Waals surface area (Å²) in [4.78, 5) is 29.2. The van der Waals surface area contributed by atoms with Crippen molar-refractivity contribution >= 4 is 22.9 Å². The highest BCUT2D eigenvalue weighted by molar-refractivity contribution is 5.99. The minimum absolute atomic E-state index is 0.0733. The molecule has 32 heavy (non-hydrogen) atoms. The van der Waals surface area contributed by atoms with Crippen LogP contribution >= 0.6 is 0 Å². The second-order valence-electron chi connectivity index (χ2n) is 8.13. The largest absolute Gasteiger partial charge is 0.382 e. The van der Waals surface area contributed by atoms with Crippen LogP contribution in [0.2, 0.25) is 0 Å². The first kappa shape index (κ1) is 21.5. The average Bonchev–Trinajstić information content (AvgIpc) is 3.26. The molecule has 0 bridgehead atoms. The molecule has 3 aromatic rings. The fourth-order valence-corrected chi connectivity index (χ4v) is 4.41. The van der Waals surface area contributed by atoms with Crippen molar-refractivity contribution in [3.05, 3.63) is 47.8 Å². The number of carbonyl (C=O) groups excluding carboxylic acids is 2. The molecule has 0 spiro atoms. The molecule has 2 atom stereocenters. The third kappa shape index (κ3) is 4.19. The molecule has 1 saturated carbocycles. The van der Waals surface area contributed by atoms with Crippen LogP contribution in [0, 0.1) is 17.2 Å². The third-order valence-electron chi connectivity index (χ3n) is 6.11. The van der Waals surface area contributed by atoms with Crippen LogP contribution in [0.1, 0.15) is 54.9 Å². The number of nitriles is 1. The highest BCUT2D eigenvalue weighted by Gasteiger charge is 2.27. The molecule has 1 amide bonds. The molecule has 8 heteroatoms. The Morgan fingerprint density at radius 1 is 1.25 bits per heavy atom. The molecule has 2 N–H and O–H groups in total. The Bertz CT molecular complexity index is 1210. The Hall–Kier alpha value is -3.73. The van der Waals surface area contributed by atoms with Crippen molar-refractivity contribution in [3.8, 4) is 17.5 Å². The Labute approximate surface area is 186 Å². The molecule has 8 nitrogen and oxygen atoms in total. The van der Waals surface area contributed by atoms with Crippen molar-refractivity contribution in [1.82, 2.24) is 19.9 Å². The number of nitrogens with one attached hydrogen (secondary N) is 2. The van der Waals surface area contributed by atoms with Crippen LogP contribution in [0.15, 0.2) is 36.7 Å². The van der Waals surface area contributed by atoms with E-state index < -0.39 is 0 Å². The third-order valence-corrected chi connectivity index (χ3v) is 6.11. The predicted molar refractivity (Wildman–Crippen MR) is 121 cm³/mol. The molecule has 0 unspecified atom stereocenters. The van der Waals surface area contributed by atoms with Gasteiger partial charge in [0.15, 0.2) is 0 Å². The zero-order valence-electron chi connectivity index (χ0n) is 18.3. The standard InChI is InChI=1S/C24H26N6O2/c1-3-23(31)16-5-4-6-17(10-16)29-20-11-21(27-14-19(20)24(32)26-2)22-8-7-18-9-15(12-25)13-28-30(18)22/h7-9,11,13-14,16-17H,3-6,10H2,1-2H3,(H,26,32)(H,27,29)/t16-,17+/m1/s1. The number of pyridine rings is 1. The summed E-state index contributed by atoms with van der Waals surface area (Å²) >= 11 is 0. The second-order valence-corrected chi connectivity index (χ2v) is 8.13. The number of Topliss-reactive ketones (excluding diaryl/α,β-unsaturated/α-hetero) is 1. The quantitative estimate of drug-likeness (QED) is 0.618. The molecular formula is C24H26N6O2. The molecule has 164 valence electrons. The molecule has 1 fully saturated rings. The number of hydrogen-bond donors (Lipinski definition) is 2. The van der Waals surface area contributed by atoms with E-state index in [9.17, 15) is 9.59 Å². The van der Waals surface area contributed by atoms with Gasteiger partial charge < -0.3 is 10.6 Å². The van der Waals surface area contributed by atoms with Gasteiger partial charge in [0, 0.05) is 31.6 Å². The monoisotopic (exact) mass is 430 g/mol. The van der Waals surface area contributed by atoms with Crippen LogP contribution in [0.5, 0.6) is 0 Å². The number of carbonyl (C=O) groups is 2.